The molecule has 0 atom stereocenters. The summed E-state index contributed by atoms with van der Waals surface area (Å²) in [5, 5.41) is 8.68. The third kappa shape index (κ3) is 2.50. The predicted octanol–water partition coefficient (Wildman–Crippen LogP) is 2.74. The van der Waals surface area contributed by atoms with Gasteiger partial charge in [0.15, 0.2) is 0 Å². The van der Waals surface area contributed by atoms with Crippen LogP contribution in [0.2, 0.25) is 0 Å². The van der Waals surface area contributed by atoms with Gasteiger partial charge in [0, 0.05) is 0 Å². The Balaban J connectivity index is 1.85. The Morgan fingerprint density at radius 2 is 2.29 bits per heavy atom. The van der Waals surface area contributed by atoms with E-state index < -0.39 is 0 Å². The van der Waals surface area contributed by atoms with E-state index in [9.17, 15) is 0 Å². The van der Waals surface area contributed by atoms with Crippen LogP contribution in [0.1, 0.15) is 24.8 Å². The van der Waals surface area contributed by atoms with Crippen LogP contribution in [0.25, 0.3) is 0 Å². The maximum atomic E-state index is 8.68. The molecule has 0 spiro atoms. The zero-order valence-electron chi connectivity index (χ0n) is 8.07. The van der Waals surface area contributed by atoms with Crippen molar-refractivity contribution in [2.45, 2.75) is 19.3 Å². The molecule has 1 aromatic rings. The molecule has 0 heterocycles. The monoisotopic (exact) mass is 187 g/mol. The third-order valence-corrected chi connectivity index (χ3v) is 2.45. The van der Waals surface area contributed by atoms with Crippen molar-refractivity contribution in [3.05, 3.63) is 29.8 Å². The molecule has 2 rings (SSSR count). The SMILES string of the molecule is N#Cc1cccc(OCCC2CC2)c1. The fraction of sp³-hybridized carbons (Fsp3) is 0.417. The summed E-state index contributed by atoms with van der Waals surface area (Å²) in [6, 6.07) is 9.42. The van der Waals surface area contributed by atoms with Crippen molar-refractivity contribution in [1.82, 2.24) is 0 Å². The topological polar surface area (TPSA) is 33.0 Å². The van der Waals surface area contributed by atoms with Crippen molar-refractivity contribution in [2.75, 3.05) is 6.61 Å². The highest BCUT2D eigenvalue weighted by Gasteiger charge is 2.20. The molecule has 2 nitrogen and oxygen atoms in total. The largest absolute Gasteiger partial charge is 0.494 e. The number of nitrogens with zero attached hydrogens (tertiary/aromatic N) is 1. The van der Waals surface area contributed by atoms with Crippen molar-refractivity contribution in [3.63, 3.8) is 0 Å². The summed E-state index contributed by atoms with van der Waals surface area (Å²) in [6.07, 6.45) is 3.87. The van der Waals surface area contributed by atoms with Crippen molar-refractivity contribution < 1.29 is 4.74 Å². The second kappa shape index (κ2) is 4.15. The summed E-state index contributed by atoms with van der Waals surface area (Å²) in [5.41, 5.74) is 0.661. The summed E-state index contributed by atoms with van der Waals surface area (Å²) >= 11 is 0. The van der Waals surface area contributed by atoms with E-state index in [1.165, 1.54) is 12.8 Å². The summed E-state index contributed by atoms with van der Waals surface area (Å²) in [4.78, 5) is 0. The van der Waals surface area contributed by atoms with E-state index in [0.717, 1.165) is 24.7 Å². The molecule has 0 saturated heterocycles. The van der Waals surface area contributed by atoms with E-state index >= 15 is 0 Å². The lowest BCUT2D eigenvalue weighted by Crippen LogP contribution is -1.98. The minimum absolute atomic E-state index is 0.661. The zero-order valence-corrected chi connectivity index (χ0v) is 8.07. The second-order valence-corrected chi connectivity index (χ2v) is 3.72. The van der Waals surface area contributed by atoms with Gasteiger partial charge >= 0.3 is 0 Å². The van der Waals surface area contributed by atoms with Gasteiger partial charge in [-0.15, -0.1) is 0 Å². The first-order chi connectivity index (χ1) is 6.88. The molecule has 0 N–H and O–H groups in total. The molecule has 14 heavy (non-hydrogen) atoms. The highest BCUT2D eigenvalue weighted by Crippen LogP contribution is 2.32. The van der Waals surface area contributed by atoms with E-state index in [0.29, 0.717) is 5.56 Å². The number of benzene rings is 1. The first-order valence-corrected chi connectivity index (χ1v) is 5.01. The average Bonchev–Trinajstić information content (AvgIpc) is 3.02. The Kier molecular flexibility index (Phi) is 2.69. The van der Waals surface area contributed by atoms with E-state index in [-0.39, 0.29) is 0 Å². The molecule has 0 amide bonds. The molecule has 2 heteroatoms. The van der Waals surface area contributed by atoms with Crippen LogP contribution >= 0.6 is 0 Å². The molecule has 1 saturated carbocycles. The van der Waals surface area contributed by atoms with Crippen molar-refractivity contribution in [3.8, 4) is 11.8 Å². The zero-order chi connectivity index (χ0) is 9.80. The smallest absolute Gasteiger partial charge is 0.120 e. The van der Waals surface area contributed by atoms with Gasteiger partial charge in [0.1, 0.15) is 5.75 Å². The Bertz CT molecular complexity index is 350. The van der Waals surface area contributed by atoms with Gasteiger partial charge < -0.3 is 4.74 Å². The molecular weight excluding hydrogens is 174 g/mol. The molecule has 1 aliphatic carbocycles. The predicted molar refractivity (Wildman–Crippen MR) is 54.0 cm³/mol. The summed E-state index contributed by atoms with van der Waals surface area (Å²) in [6.45, 7) is 0.777. The maximum absolute atomic E-state index is 8.68. The van der Waals surface area contributed by atoms with Gasteiger partial charge in [-0.05, 0) is 30.5 Å². The van der Waals surface area contributed by atoms with Crippen LogP contribution in [0.15, 0.2) is 24.3 Å². The van der Waals surface area contributed by atoms with Crippen LogP contribution in [0, 0.1) is 17.2 Å². The van der Waals surface area contributed by atoms with Crippen LogP contribution in [-0.2, 0) is 0 Å². The fourth-order valence-electron chi connectivity index (χ4n) is 1.41. The Hall–Kier alpha value is -1.49. The lowest BCUT2D eigenvalue weighted by Gasteiger charge is -2.04. The number of hydrogen-bond acceptors (Lipinski definition) is 2. The molecule has 72 valence electrons. The van der Waals surface area contributed by atoms with Crippen LogP contribution in [0.3, 0.4) is 0 Å². The Morgan fingerprint density at radius 3 is 3.00 bits per heavy atom. The molecule has 1 fully saturated rings. The molecule has 0 aromatic heterocycles. The lowest BCUT2D eigenvalue weighted by atomic mass is 10.2. The minimum atomic E-state index is 0.661. The van der Waals surface area contributed by atoms with Crippen LogP contribution in [0.5, 0.6) is 5.75 Å². The van der Waals surface area contributed by atoms with Gasteiger partial charge in [0.2, 0.25) is 0 Å². The number of ether oxygens (including phenoxy) is 1. The normalized spacial score (nSPS) is 14.8. The number of hydrogen-bond donors (Lipinski definition) is 0. The molecule has 0 unspecified atom stereocenters. The van der Waals surface area contributed by atoms with E-state index in [4.69, 9.17) is 10.00 Å². The molecule has 1 aliphatic rings. The van der Waals surface area contributed by atoms with Crippen LogP contribution in [-0.4, -0.2) is 6.61 Å². The van der Waals surface area contributed by atoms with Crippen molar-refractivity contribution in [2.24, 2.45) is 5.92 Å². The first kappa shape index (κ1) is 9.08. The highest BCUT2D eigenvalue weighted by molar-refractivity contribution is 5.36. The highest BCUT2D eigenvalue weighted by atomic mass is 16.5. The average molecular weight is 187 g/mol. The quantitative estimate of drug-likeness (QED) is 0.726. The number of rotatable bonds is 4. The van der Waals surface area contributed by atoms with Gasteiger partial charge in [-0.25, -0.2) is 0 Å². The minimum Gasteiger partial charge on any atom is -0.494 e. The molecule has 0 radical (unpaired) electrons. The lowest BCUT2D eigenvalue weighted by molar-refractivity contribution is 0.302. The van der Waals surface area contributed by atoms with Gasteiger partial charge in [-0.3, -0.25) is 0 Å². The van der Waals surface area contributed by atoms with Crippen LogP contribution in [0.4, 0.5) is 0 Å². The molecule has 0 bridgehead atoms. The molecule has 0 aliphatic heterocycles. The summed E-state index contributed by atoms with van der Waals surface area (Å²) in [7, 11) is 0. The maximum Gasteiger partial charge on any atom is 0.120 e. The van der Waals surface area contributed by atoms with E-state index in [2.05, 4.69) is 6.07 Å². The van der Waals surface area contributed by atoms with E-state index in [1.54, 1.807) is 12.1 Å². The van der Waals surface area contributed by atoms with Crippen molar-refractivity contribution in [1.29, 1.82) is 5.26 Å². The Morgan fingerprint density at radius 1 is 1.43 bits per heavy atom. The summed E-state index contributed by atoms with van der Waals surface area (Å²) in [5.74, 6) is 1.71. The second-order valence-electron chi connectivity index (χ2n) is 3.72. The van der Waals surface area contributed by atoms with Gasteiger partial charge in [-0.2, -0.15) is 5.26 Å². The van der Waals surface area contributed by atoms with Gasteiger partial charge in [-0.1, -0.05) is 18.9 Å². The van der Waals surface area contributed by atoms with Gasteiger partial charge in [0.05, 0.1) is 18.2 Å². The Labute approximate surface area is 84.1 Å². The molecule has 1 aromatic carbocycles. The van der Waals surface area contributed by atoms with Gasteiger partial charge in [0.25, 0.3) is 0 Å². The first-order valence-electron chi connectivity index (χ1n) is 5.01. The van der Waals surface area contributed by atoms with E-state index in [1.807, 2.05) is 12.1 Å². The molecular formula is C12H13NO. The fourth-order valence-corrected chi connectivity index (χ4v) is 1.41. The van der Waals surface area contributed by atoms with Crippen molar-refractivity contribution >= 4 is 0 Å². The standard InChI is InChI=1S/C12H13NO/c13-9-11-2-1-3-12(8-11)14-7-6-10-4-5-10/h1-3,8,10H,4-7H2. The third-order valence-electron chi connectivity index (χ3n) is 2.45. The number of nitriles is 1. The van der Waals surface area contributed by atoms with Crippen LogP contribution < -0.4 is 4.74 Å². The summed E-state index contributed by atoms with van der Waals surface area (Å²) < 4.78 is 5.55.